The Morgan fingerprint density at radius 1 is 1.89 bits per heavy atom. The van der Waals surface area contributed by atoms with Gasteiger partial charge < -0.3 is 5.32 Å². The van der Waals surface area contributed by atoms with Gasteiger partial charge in [-0.25, -0.2) is 0 Å². The van der Waals surface area contributed by atoms with Crippen molar-refractivity contribution in [1.29, 1.82) is 0 Å². The highest BCUT2D eigenvalue weighted by molar-refractivity contribution is 9.10. The molecule has 4 heteroatoms. The SMILES string of the molecule is CNCn1ccc(Br)n1. The monoisotopic (exact) mass is 189 g/mol. The lowest BCUT2D eigenvalue weighted by atomic mass is 10.7. The van der Waals surface area contributed by atoms with Gasteiger partial charge in [-0.1, -0.05) is 0 Å². The first-order chi connectivity index (χ1) is 4.33. The Morgan fingerprint density at radius 2 is 2.67 bits per heavy atom. The van der Waals surface area contributed by atoms with Crippen LogP contribution in [0.3, 0.4) is 0 Å². The first-order valence-corrected chi connectivity index (χ1v) is 3.46. The zero-order chi connectivity index (χ0) is 6.69. The summed E-state index contributed by atoms with van der Waals surface area (Å²) in [4.78, 5) is 0. The fraction of sp³-hybridized carbons (Fsp3) is 0.400. The molecule has 0 saturated heterocycles. The molecule has 0 fully saturated rings. The summed E-state index contributed by atoms with van der Waals surface area (Å²) in [7, 11) is 1.88. The highest BCUT2D eigenvalue weighted by Gasteiger charge is 1.89. The first-order valence-electron chi connectivity index (χ1n) is 2.66. The highest BCUT2D eigenvalue weighted by Crippen LogP contribution is 2.02. The van der Waals surface area contributed by atoms with Crippen LogP contribution in [-0.4, -0.2) is 16.8 Å². The molecular formula is C5H8BrN3. The topological polar surface area (TPSA) is 29.9 Å². The smallest absolute Gasteiger partial charge is 0.128 e. The number of rotatable bonds is 2. The van der Waals surface area contributed by atoms with Crippen LogP contribution in [0.15, 0.2) is 16.9 Å². The molecule has 0 saturated carbocycles. The second-order valence-electron chi connectivity index (χ2n) is 1.69. The van der Waals surface area contributed by atoms with Crippen LogP contribution in [0, 0.1) is 0 Å². The average molecular weight is 190 g/mol. The molecule has 1 aromatic heterocycles. The lowest BCUT2D eigenvalue weighted by Crippen LogP contribution is -2.12. The van der Waals surface area contributed by atoms with E-state index in [1.54, 1.807) is 0 Å². The largest absolute Gasteiger partial charge is 0.301 e. The lowest BCUT2D eigenvalue weighted by Gasteiger charge is -1.95. The summed E-state index contributed by atoms with van der Waals surface area (Å²) in [5, 5.41) is 7.05. The standard InChI is InChI=1S/C5H8BrN3/c1-7-4-9-3-2-5(6)8-9/h2-3,7H,4H2,1H3. The van der Waals surface area contributed by atoms with Crippen molar-refractivity contribution in [3.8, 4) is 0 Å². The molecule has 0 atom stereocenters. The molecular weight excluding hydrogens is 182 g/mol. The van der Waals surface area contributed by atoms with Gasteiger partial charge in [0.1, 0.15) is 4.60 Å². The molecule has 0 bridgehead atoms. The summed E-state index contributed by atoms with van der Waals surface area (Å²) >= 11 is 3.24. The Kier molecular flexibility index (Phi) is 2.24. The van der Waals surface area contributed by atoms with Gasteiger partial charge in [-0.3, -0.25) is 4.68 Å². The van der Waals surface area contributed by atoms with Gasteiger partial charge in [0.05, 0.1) is 6.67 Å². The predicted octanol–water partition coefficient (Wildman–Crippen LogP) is 0.823. The van der Waals surface area contributed by atoms with Gasteiger partial charge in [0.15, 0.2) is 0 Å². The van der Waals surface area contributed by atoms with E-state index in [4.69, 9.17) is 0 Å². The van der Waals surface area contributed by atoms with Crippen molar-refractivity contribution >= 4 is 15.9 Å². The average Bonchev–Trinajstić information content (AvgIpc) is 2.17. The summed E-state index contributed by atoms with van der Waals surface area (Å²) < 4.78 is 2.68. The molecule has 0 aliphatic rings. The molecule has 1 heterocycles. The Balaban J connectivity index is 2.61. The zero-order valence-corrected chi connectivity index (χ0v) is 6.72. The molecule has 50 valence electrons. The molecule has 1 aromatic rings. The van der Waals surface area contributed by atoms with E-state index in [0.29, 0.717) is 0 Å². The van der Waals surface area contributed by atoms with Gasteiger partial charge >= 0.3 is 0 Å². The lowest BCUT2D eigenvalue weighted by molar-refractivity contribution is 0.553. The van der Waals surface area contributed by atoms with Crippen molar-refractivity contribution in [2.24, 2.45) is 0 Å². The second kappa shape index (κ2) is 2.98. The van der Waals surface area contributed by atoms with E-state index in [9.17, 15) is 0 Å². The van der Waals surface area contributed by atoms with E-state index in [2.05, 4.69) is 26.3 Å². The van der Waals surface area contributed by atoms with Crippen LogP contribution in [0.2, 0.25) is 0 Å². The van der Waals surface area contributed by atoms with Crippen LogP contribution < -0.4 is 5.32 Å². The van der Waals surface area contributed by atoms with Crippen LogP contribution in [-0.2, 0) is 6.67 Å². The number of hydrogen-bond donors (Lipinski definition) is 1. The number of halogens is 1. The Hall–Kier alpha value is -0.350. The highest BCUT2D eigenvalue weighted by atomic mass is 79.9. The van der Waals surface area contributed by atoms with Crippen molar-refractivity contribution in [3.05, 3.63) is 16.9 Å². The Bertz CT molecular complexity index is 184. The Morgan fingerprint density at radius 3 is 3.11 bits per heavy atom. The van der Waals surface area contributed by atoms with E-state index in [1.165, 1.54) is 0 Å². The third-order valence-corrected chi connectivity index (χ3v) is 1.35. The quantitative estimate of drug-likeness (QED) is 0.748. The fourth-order valence-electron chi connectivity index (χ4n) is 0.587. The number of aromatic nitrogens is 2. The molecule has 1 N–H and O–H groups in total. The van der Waals surface area contributed by atoms with Gasteiger partial charge in [0.25, 0.3) is 0 Å². The van der Waals surface area contributed by atoms with E-state index in [-0.39, 0.29) is 0 Å². The van der Waals surface area contributed by atoms with E-state index < -0.39 is 0 Å². The summed E-state index contributed by atoms with van der Waals surface area (Å²) in [6, 6.07) is 1.90. The van der Waals surface area contributed by atoms with Crippen LogP contribution in [0.1, 0.15) is 0 Å². The maximum absolute atomic E-state index is 4.07. The van der Waals surface area contributed by atoms with Crippen molar-refractivity contribution in [1.82, 2.24) is 15.1 Å². The van der Waals surface area contributed by atoms with Gasteiger partial charge in [-0.15, -0.1) is 0 Å². The van der Waals surface area contributed by atoms with Gasteiger partial charge in [0.2, 0.25) is 0 Å². The molecule has 0 spiro atoms. The van der Waals surface area contributed by atoms with E-state index in [0.717, 1.165) is 11.3 Å². The molecule has 0 aliphatic carbocycles. The van der Waals surface area contributed by atoms with Crippen molar-refractivity contribution in [2.75, 3.05) is 7.05 Å². The van der Waals surface area contributed by atoms with Gasteiger partial charge in [0, 0.05) is 6.20 Å². The maximum atomic E-state index is 4.07. The van der Waals surface area contributed by atoms with E-state index >= 15 is 0 Å². The molecule has 0 aliphatic heterocycles. The minimum atomic E-state index is 0.756. The maximum Gasteiger partial charge on any atom is 0.128 e. The molecule has 0 aromatic carbocycles. The van der Waals surface area contributed by atoms with Gasteiger partial charge in [-0.2, -0.15) is 5.10 Å². The van der Waals surface area contributed by atoms with Crippen molar-refractivity contribution in [3.63, 3.8) is 0 Å². The minimum absolute atomic E-state index is 0.756. The Labute approximate surface area is 62.2 Å². The van der Waals surface area contributed by atoms with Crippen molar-refractivity contribution in [2.45, 2.75) is 6.67 Å². The number of nitrogens with one attached hydrogen (secondary N) is 1. The van der Waals surface area contributed by atoms with Gasteiger partial charge in [-0.05, 0) is 29.0 Å². The minimum Gasteiger partial charge on any atom is -0.301 e. The summed E-state index contributed by atoms with van der Waals surface area (Å²) in [6.07, 6.45) is 1.90. The molecule has 0 unspecified atom stereocenters. The summed E-state index contributed by atoms with van der Waals surface area (Å²) in [5.74, 6) is 0. The number of hydrogen-bond acceptors (Lipinski definition) is 2. The van der Waals surface area contributed by atoms with Crippen LogP contribution in [0.5, 0.6) is 0 Å². The zero-order valence-electron chi connectivity index (χ0n) is 5.13. The van der Waals surface area contributed by atoms with Crippen molar-refractivity contribution < 1.29 is 0 Å². The fourth-order valence-corrected chi connectivity index (χ4v) is 0.909. The molecule has 0 amide bonds. The second-order valence-corrected chi connectivity index (χ2v) is 2.50. The predicted molar refractivity (Wildman–Crippen MR) is 39.0 cm³/mol. The summed E-state index contributed by atoms with van der Waals surface area (Å²) in [5.41, 5.74) is 0. The molecule has 9 heavy (non-hydrogen) atoms. The number of nitrogens with zero attached hydrogens (tertiary/aromatic N) is 2. The third kappa shape index (κ3) is 1.80. The van der Waals surface area contributed by atoms with E-state index in [1.807, 2.05) is 24.0 Å². The normalized spacial score (nSPS) is 10.0. The van der Waals surface area contributed by atoms with Crippen LogP contribution in [0.4, 0.5) is 0 Å². The summed E-state index contributed by atoms with van der Waals surface area (Å²) in [6.45, 7) is 0.756. The van der Waals surface area contributed by atoms with Crippen LogP contribution in [0.25, 0.3) is 0 Å². The van der Waals surface area contributed by atoms with Crippen LogP contribution >= 0.6 is 15.9 Å². The molecule has 1 rings (SSSR count). The molecule has 3 nitrogen and oxygen atoms in total. The third-order valence-electron chi connectivity index (χ3n) is 0.928. The first kappa shape index (κ1) is 6.77. The molecule has 0 radical (unpaired) electrons.